The fourth-order valence-corrected chi connectivity index (χ4v) is 3.14. The molecule has 0 atom stereocenters. The van der Waals surface area contributed by atoms with Crippen LogP contribution in [0, 0.1) is 0 Å². The molecule has 1 heterocycles. The van der Waals surface area contributed by atoms with Gasteiger partial charge in [-0.2, -0.15) is 5.10 Å². The van der Waals surface area contributed by atoms with Crippen molar-refractivity contribution in [1.29, 1.82) is 0 Å². The highest BCUT2D eigenvalue weighted by atomic mass is 32.2. The third-order valence-corrected chi connectivity index (χ3v) is 4.56. The van der Waals surface area contributed by atoms with Gasteiger partial charge >= 0.3 is 0 Å². The molecule has 2 rings (SSSR count). The number of benzene rings is 1. The fourth-order valence-electron chi connectivity index (χ4n) is 2.06. The van der Waals surface area contributed by atoms with Gasteiger partial charge in [0.1, 0.15) is 0 Å². The van der Waals surface area contributed by atoms with Gasteiger partial charge in [0.05, 0.1) is 16.8 Å². The number of sulfonamides is 1. The first-order valence-electron chi connectivity index (χ1n) is 6.91. The van der Waals surface area contributed by atoms with E-state index in [1.807, 2.05) is 13.0 Å². The van der Waals surface area contributed by atoms with E-state index in [0.29, 0.717) is 12.2 Å². The van der Waals surface area contributed by atoms with E-state index in [-0.39, 0.29) is 4.90 Å². The first-order chi connectivity index (χ1) is 10.1. The molecule has 0 fully saturated rings. The smallest absolute Gasteiger partial charge is 0.262 e. The summed E-state index contributed by atoms with van der Waals surface area (Å²) >= 11 is 0. The van der Waals surface area contributed by atoms with Crippen LogP contribution in [0.25, 0.3) is 0 Å². The topological polar surface area (TPSA) is 86.9 Å². The van der Waals surface area contributed by atoms with E-state index in [1.165, 1.54) is 12.4 Å². The molecule has 0 radical (unpaired) electrons. The first-order valence-corrected chi connectivity index (χ1v) is 8.39. The van der Waals surface area contributed by atoms with E-state index >= 15 is 0 Å². The van der Waals surface area contributed by atoms with Crippen LogP contribution in [0.1, 0.15) is 25.0 Å². The zero-order chi connectivity index (χ0) is 15.3. The summed E-state index contributed by atoms with van der Waals surface area (Å²) in [6.07, 6.45) is 3.80. The van der Waals surface area contributed by atoms with Crippen molar-refractivity contribution < 1.29 is 8.42 Å². The number of hydrogen-bond donors (Lipinski definition) is 3. The average Bonchev–Trinajstić information content (AvgIpc) is 2.96. The third-order valence-electron chi connectivity index (χ3n) is 3.18. The Hall–Kier alpha value is -1.86. The number of nitrogens with zero attached hydrogens (tertiary/aromatic N) is 1. The Balaban J connectivity index is 2.30. The quantitative estimate of drug-likeness (QED) is 0.729. The lowest BCUT2D eigenvalue weighted by molar-refractivity contribution is 0.601. The zero-order valence-electron chi connectivity index (χ0n) is 12.2. The first kappa shape index (κ1) is 15.5. The lowest BCUT2D eigenvalue weighted by Gasteiger charge is -2.12. The maximum atomic E-state index is 12.4. The van der Waals surface area contributed by atoms with E-state index in [1.54, 1.807) is 12.1 Å². The summed E-state index contributed by atoms with van der Waals surface area (Å²) in [6.45, 7) is 5.58. The Morgan fingerprint density at radius 2 is 2.05 bits per heavy atom. The van der Waals surface area contributed by atoms with Gasteiger partial charge in [-0.1, -0.05) is 19.9 Å². The molecule has 1 aromatic heterocycles. The molecule has 0 saturated carbocycles. The molecule has 1 aromatic carbocycles. The highest BCUT2D eigenvalue weighted by Crippen LogP contribution is 2.19. The van der Waals surface area contributed by atoms with Crippen molar-refractivity contribution in [3.05, 3.63) is 41.7 Å². The number of rotatable bonds is 7. The molecule has 0 spiro atoms. The van der Waals surface area contributed by atoms with Crippen LogP contribution in [0.4, 0.5) is 5.69 Å². The van der Waals surface area contributed by atoms with Gasteiger partial charge in [0.25, 0.3) is 10.0 Å². The Morgan fingerprint density at radius 1 is 1.24 bits per heavy atom. The predicted octanol–water partition coefficient (Wildman–Crippen LogP) is 1.88. The van der Waals surface area contributed by atoms with Crippen molar-refractivity contribution in [3.8, 4) is 0 Å². The van der Waals surface area contributed by atoms with Gasteiger partial charge in [-0.05, 0) is 36.2 Å². The molecule has 0 saturated heterocycles. The minimum atomic E-state index is -3.59. The molecule has 3 N–H and O–H groups in total. The molecular weight excluding hydrogens is 288 g/mol. The van der Waals surface area contributed by atoms with Crippen LogP contribution < -0.4 is 10.0 Å². The zero-order valence-corrected chi connectivity index (χ0v) is 13.0. The van der Waals surface area contributed by atoms with E-state index in [2.05, 4.69) is 27.2 Å². The van der Waals surface area contributed by atoms with Crippen LogP contribution in [0.3, 0.4) is 0 Å². The van der Waals surface area contributed by atoms with Crippen molar-refractivity contribution in [1.82, 2.24) is 15.5 Å². The highest BCUT2D eigenvalue weighted by molar-refractivity contribution is 7.92. The van der Waals surface area contributed by atoms with Gasteiger partial charge in [0, 0.05) is 12.7 Å². The summed E-state index contributed by atoms with van der Waals surface area (Å²) in [5.74, 6) is 0. The molecule has 114 valence electrons. The minimum absolute atomic E-state index is 0.258. The normalized spacial score (nSPS) is 11.5. The number of aryl methyl sites for hydroxylation is 1. The summed E-state index contributed by atoms with van der Waals surface area (Å²) < 4.78 is 27.2. The van der Waals surface area contributed by atoms with Crippen molar-refractivity contribution in [2.45, 2.75) is 31.7 Å². The van der Waals surface area contributed by atoms with Gasteiger partial charge in [-0.25, -0.2) is 8.42 Å². The van der Waals surface area contributed by atoms with Crippen LogP contribution in [0.5, 0.6) is 0 Å². The molecular formula is C14H20N4O2S. The summed E-state index contributed by atoms with van der Waals surface area (Å²) in [5.41, 5.74) is 2.58. The Bertz CT molecular complexity index is 681. The number of aromatic amines is 1. The van der Waals surface area contributed by atoms with Crippen LogP contribution in [0.15, 0.2) is 35.5 Å². The minimum Gasteiger partial charge on any atom is -0.313 e. The van der Waals surface area contributed by atoms with Crippen LogP contribution in [-0.2, 0) is 23.0 Å². The second-order valence-electron chi connectivity index (χ2n) is 4.66. The second kappa shape index (κ2) is 6.73. The summed E-state index contributed by atoms with van der Waals surface area (Å²) in [5, 5.41) is 9.53. The molecule has 0 aliphatic carbocycles. The van der Waals surface area contributed by atoms with E-state index in [4.69, 9.17) is 0 Å². The van der Waals surface area contributed by atoms with Crippen molar-refractivity contribution >= 4 is 15.7 Å². The standard InChI is InChI=1S/C14H20N4O2S/c1-3-11-5-6-14(7-12(11)8-15-4-2)21(19,20)18-13-9-16-17-10-13/h5-7,9-10,15,18H,3-4,8H2,1-2H3,(H,16,17). The summed E-state index contributed by atoms with van der Waals surface area (Å²) in [4.78, 5) is 0.258. The Kier molecular flexibility index (Phi) is 4.98. The molecule has 2 aromatic rings. The van der Waals surface area contributed by atoms with E-state index < -0.39 is 10.0 Å². The maximum absolute atomic E-state index is 12.4. The number of anilines is 1. The molecule has 0 amide bonds. The molecule has 0 aliphatic rings. The van der Waals surface area contributed by atoms with Gasteiger partial charge in [0.2, 0.25) is 0 Å². The Labute approximate surface area is 125 Å². The summed E-state index contributed by atoms with van der Waals surface area (Å²) in [7, 11) is -3.59. The fraction of sp³-hybridized carbons (Fsp3) is 0.357. The average molecular weight is 308 g/mol. The SMILES string of the molecule is CCNCc1cc(S(=O)(=O)Nc2cn[nH]c2)ccc1CC. The monoisotopic (exact) mass is 308 g/mol. The third kappa shape index (κ3) is 3.83. The van der Waals surface area contributed by atoms with E-state index in [0.717, 1.165) is 24.1 Å². The van der Waals surface area contributed by atoms with Gasteiger partial charge in [0.15, 0.2) is 0 Å². The number of nitrogens with one attached hydrogen (secondary N) is 3. The number of H-pyrrole nitrogens is 1. The lowest BCUT2D eigenvalue weighted by atomic mass is 10.1. The number of hydrogen-bond acceptors (Lipinski definition) is 4. The van der Waals surface area contributed by atoms with Crippen molar-refractivity contribution in [2.75, 3.05) is 11.3 Å². The molecule has 6 nitrogen and oxygen atoms in total. The largest absolute Gasteiger partial charge is 0.313 e. The predicted molar refractivity (Wildman–Crippen MR) is 82.6 cm³/mol. The molecule has 0 aliphatic heterocycles. The van der Waals surface area contributed by atoms with Crippen molar-refractivity contribution in [3.63, 3.8) is 0 Å². The highest BCUT2D eigenvalue weighted by Gasteiger charge is 2.16. The molecule has 7 heteroatoms. The molecule has 0 bridgehead atoms. The van der Waals surface area contributed by atoms with Gasteiger partial charge in [-0.3, -0.25) is 9.82 Å². The molecule has 0 unspecified atom stereocenters. The van der Waals surface area contributed by atoms with Crippen LogP contribution in [-0.4, -0.2) is 25.2 Å². The Morgan fingerprint density at radius 3 is 2.67 bits per heavy atom. The van der Waals surface area contributed by atoms with Crippen LogP contribution in [0.2, 0.25) is 0 Å². The van der Waals surface area contributed by atoms with Gasteiger partial charge < -0.3 is 5.32 Å². The number of aromatic nitrogens is 2. The van der Waals surface area contributed by atoms with Crippen LogP contribution >= 0.6 is 0 Å². The van der Waals surface area contributed by atoms with E-state index in [9.17, 15) is 8.42 Å². The lowest BCUT2D eigenvalue weighted by Crippen LogP contribution is -2.16. The second-order valence-corrected chi connectivity index (χ2v) is 6.34. The van der Waals surface area contributed by atoms with Gasteiger partial charge in [-0.15, -0.1) is 0 Å². The maximum Gasteiger partial charge on any atom is 0.262 e. The van der Waals surface area contributed by atoms with Crippen molar-refractivity contribution in [2.24, 2.45) is 0 Å². The summed E-state index contributed by atoms with van der Waals surface area (Å²) in [6, 6.07) is 5.23. The molecule has 21 heavy (non-hydrogen) atoms.